The number of rotatable bonds is 5. The summed E-state index contributed by atoms with van der Waals surface area (Å²) in [6, 6.07) is 12.0. The molecular formula is C22H23ClN4. The lowest BCUT2D eigenvalue weighted by atomic mass is 10.1. The van der Waals surface area contributed by atoms with Gasteiger partial charge in [0, 0.05) is 66.7 Å². The molecule has 1 aliphatic heterocycles. The highest BCUT2D eigenvalue weighted by molar-refractivity contribution is 6.30. The topological polar surface area (TPSA) is 41.9 Å². The zero-order valence-electron chi connectivity index (χ0n) is 15.5. The van der Waals surface area contributed by atoms with E-state index in [0.717, 1.165) is 61.0 Å². The van der Waals surface area contributed by atoms with E-state index in [1.54, 1.807) is 0 Å². The fraction of sp³-hybridized carbons (Fsp3) is 0.318. The van der Waals surface area contributed by atoms with Crippen LogP contribution in [0.25, 0.3) is 11.3 Å². The molecule has 1 aliphatic rings. The summed E-state index contributed by atoms with van der Waals surface area (Å²) in [6.45, 7) is 4.97. The molecule has 0 saturated heterocycles. The van der Waals surface area contributed by atoms with Crippen LogP contribution in [0.1, 0.15) is 36.0 Å². The third-order valence-corrected chi connectivity index (χ3v) is 5.12. The van der Waals surface area contributed by atoms with Crippen molar-refractivity contribution in [1.82, 2.24) is 19.9 Å². The van der Waals surface area contributed by atoms with Crippen molar-refractivity contribution >= 4 is 11.6 Å². The minimum absolute atomic E-state index is 0.731. The summed E-state index contributed by atoms with van der Waals surface area (Å²) in [7, 11) is 0. The van der Waals surface area contributed by atoms with E-state index in [9.17, 15) is 0 Å². The van der Waals surface area contributed by atoms with Crippen LogP contribution < -0.4 is 0 Å². The predicted molar refractivity (Wildman–Crippen MR) is 109 cm³/mol. The van der Waals surface area contributed by atoms with Crippen molar-refractivity contribution in [1.29, 1.82) is 0 Å². The Morgan fingerprint density at radius 2 is 2.04 bits per heavy atom. The van der Waals surface area contributed by atoms with Gasteiger partial charge >= 0.3 is 0 Å². The van der Waals surface area contributed by atoms with Gasteiger partial charge in [0.25, 0.3) is 0 Å². The van der Waals surface area contributed by atoms with Crippen molar-refractivity contribution in [3.05, 3.63) is 76.5 Å². The molecule has 5 heteroatoms. The summed E-state index contributed by atoms with van der Waals surface area (Å²) in [5, 5.41) is 0.731. The number of aryl methyl sites for hydroxylation is 1. The third kappa shape index (κ3) is 4.34. The highest BCUT2D eigenvalue weighted by Crippen LogP contribution is 2.22. The Morgan fingerprint density at radius 1 is 1.11 bits per heavy atom. The summed E-state index contributed by atoms with van der Waals surface area (Å²) in [4.78, 5) is 16.3. The lowest BCUT2D eigenvalue weighted by Gasteiger charge is -2.28. The van der Waals surface area contributed by atoms with Crippen molar-refractivity contribution < 1.29 is 0 Å². The van der Waals surface area contributed by atoms with Gasteiger partial charge in [-0.3, -0.25) is 9.88 Å². The van der Waals surface area contributed by atoms with Gasteiger partial charge in [0.2, 0.25) is 0 Å². The first-order chi connectivity index (χ1) is 13.2. The second-order valence-corrected chi connectivity index (χ2v) is 7.47. The summed E-state index contributed by atoms with van der Waals surface area (Å²) < 4.78 is 0. The van der Waals surface area contributed by atoms with Gasteiger partial charge < -0.3 is 0 Å². The smallest absolute Gasteiger partial charge is 0.128 e. The fourth-order valence-electron chi connectivity index (χ4n) is 3.49. The van der Waals surface area contributed by atoms with E-state index in [0.29, 0.717) is 0 Å². The molecule has 138 valence electrons. The zero-order chi connectivity index (χ0) is 18.6. The quantitative estimate of drug-likeness (QED) is 0.645. The van der Waals surface area contributed by atoms with Gasteiger partial charge in [-0.05, 0) is 30.2 Å². The van der Waals surface area contributed by atoms with Crippen LogP contribution in [-0.2, 0) is 25.9 Å². The number of aromatic nitrogens is 3. The van der Waals surface area contributed by atoms with Gasteiger partial charge in [-0.25, -0.2) is 9.97 Å². The average Bonchev–Trinajstić information content (AvgIpc) is 2.69. The maximum Gasteiger partial charge on any atom is 0.128 e. The standard InChI is InChI=1S/C22H23ClN4/c1-2-4-22-25-13-18-15-27(10-9-21(18)26-22)14-16-7-8-20(24-12-16)17-5-3-6-19(23)11-17/h3,5-8,11-13H,2,4,9-10,14-15H2,1H3. The minimum Gasteiger partial charge on any atom is -0.294 e. The zero-order valence-corrected chi connectivity index (χ0v) is 16.3. The molecule has 0 atom stereocenters. The molecule has 0 radical (unpaired) electrons. The van der Waals surface area contributed by atoms with Crippen molar-refractivity contribution in [3.63, 3.8) is 0 Å². The van der Waals surface area contributed by atoms with Gasteiger partial charge in [-0.1, -0.05) is 36.7 Å². The molecule has 3 aromatic rings. The summed E-state index contributed by atoms with van der Waals surface area (Å²) >= 11 is 6.08. The molecule has 27 heavy (non-hydrogen) atoms. The first-order valence-electron chi connectivity index (χ1n) is 9.48. The van der Waals surface area contributed by atoms with E-state index >= 15 is 0 Å². The number of benzene rings is 1. The summed E-state index contributed by atoms with van der Waals surface area (Å²) in [5.41, 5.74) is 5.68. The monoisotopic (exact) mass is 378 g/mol. The maximum atomic E-state index is 6.08. The van der Waals surface area contributed by atoms with Gasteiger partial charge in [0.05, 0.1) is 5.69 Å². The van der Waals surface area contributed by atoms with Gasteiger partial charge in [0.1, 0.15) is 5.82 Å². The summed E-state index contributed by atoms with van der Waals surface area (Å²) in [5.74, 6) is 0.977. The van der Waals surface area contributed by atoms with E-state index < -0.39 is 0 Å². The van der Waals surface area contributed by atoms with Crippen molar-refractivity contribution in [3.8, 4) is 11.3 Å². The Bertz CT molecular complexity index is 924. The maximum absolute atomic E-state index is 6.08. The first kappa shape index (κ1) is 18.1. The van der Waals surface area contributed by atoms with E-state index in [-0.39, 0.29) is 0 Å². The number of nitrogens with zero attached hydrogens (tertiary/aromatic N) is 4. The third-order valence-electron chi connectivity index (χ3n) is 4.89. The van der Waals surface area contributed by atoms with E-state index in [1.807, 2.05) is 36.7 Å². The Labute approximate surface area is 165 Å². The molecule has 0 bridgehead atoms. The first-order valence-corrected chi connectivity index (χ1v) is 9.86. The van der Waals surface area contributed by atoms with Crippen LogP contribution in [0.15, 0.2) is 48.8 Å². The van der Waals surface area contributed by atoms with Crippen LogP contribution in [-0.4, -0.2) is 26.4 Å². The molecule has 0 aliphatic carbocycles. The molecule has 0 fully saturated rings. The molecule has 4 rings (SSSR count). The lowest BCUT2D eigenvalue weighted by molar-refractivity contribution is 0.242. The van der Waals surface area contributed by atoms with Crippen LogP contribution >= 0.6 is 11.6 Å². The minimum atomic E-state index is 0.731. The molecule has 0 spiro atoms. The van der Waals surface area contributed by atoms with Crippen LogP contribution in [0, 0.1) is 0 Å². The largest absolute Gasteiger partial charge is 0.294 e. The van der Waals surface area contributed by atoms with Gasteiger partial charge in [-0.2, -0.15) is 0 Å². The number of hydrogen-bond acceptors (Lipinski definition) is 4. The Hall–Kier alpha value is -2.30. The molecule has 0 saturated carbocycles. The van der Waals surface area contributed by atoms with E-state index in [2.05, 4.69) is 33.9 Å². The second-order valence-electron chi connectivity index (χ2n) is 7.03. The number of pyridine rings is 1. The molecule has 0 N–H and O–H groups in total. The number of halogens is 1. The van der Waals surface area contributed by atoms with Crippen LogP contribution in [0.4, 0.5) is 0 Å². The van der Waals surface area contributed by atoms with Crippen molar-refractivity contribution in [2.24, 2.45) is 0 Å². The number of fused-ring (bicyclic) bond motifs is 1. The van der Waals surface area contributed by atoms with Gasteiger partial charge in [0.15, 0.2) is 0 Å². The van der Waals surface area contributed by atoms with E-state index in [1.165, 1.54) is 16.8 Å². The highest BCUT2D eigenvalue weighted by atomic mass is 35.5. The van der Waals surface area contributed by atoms with Crippen LogP contribution in [0.3, 0.4) is 0 Å². The molecule has 3 heterocycles. The Balaban J connectivity index is 1.42. The highest BCUT2D eigenvalue weighted by Gasteiger charge is 2.18. The predicted octanol–water partition coefficient (Wildman–Crippen LogP) is 4.70. The fourth-order valence-corrected chi connectivity index (χ4v) is 3.68. The SMILES string of the molecule is CCCc1ncc2c(n1)CCN(Cc1ccc(-c3cccc(Cl)c3)nc1)C2. The van der Waals surface area contributed by atoms with Gasteiger partial charge in [-0.15, -0.1) is 0 Å². The molecule has 0 amide bonds. The van der Waals surface area contributed by atoms with Crippen molar-refractivity contribution in [2.45, 2.75) is 39.3 Å². The van der Waals surface area contributed by atoms with Crippen molar-refractivity contribution in [2.75, 3.05) is 6.54 Å². The Kier molecular flexibility index (Phi) is 5.46. The summed E-state index contributed by atoms with van der Waals surface area (Å²) in [6.07, 6.45) is 7.01. The van der Waals surface area contributed by atoms with E-state index in [4.69, 9.17) is 16.6 Å². The average molecular weight is 379 g/mol. The molecule has 4 nitrogen and oxygen atoms in total. The molecule has 2 aromatic heterocycles. The second kappa shape index (κ2) is 8.15. The number of hydrogen-bond donors (Lipinski definition) is 0. The van der Waals surface area contributed by atoms with Crippen LogP contribution in [0.2, 0.25) is 5.02 Å². The van der Waals surface area contributed by atoms with Crippen LogP contribution in [0.5, 0.6) is 0 Å². The molecular weight excluding hydrogens is 356 g/mol. The molecule has 1 aromatic carbocycles. The lowest BCUT2D eigenvalue weighted by Crippen LogP contribution is -2.31. The Morgan fingerprint density at radius 3 is 2.81 bits per heavy atom. The normalized spacial score (nSPS) is 14.1. The molecule has 0 unspecified atom stereocenters.